The normalized spacial score (nSPS) is 11.8. The number of esters is 1. The first-order valence-corrected chi connectivity index (χ1v) is 6.34. The molecule has 0 fully saturated rings. The van der Waals surface area contributed by atoms with E-state index in [1.165, 1.54) is 10.8 Å². The molecule has 20 heavy (non-hydrogen) atoms. The maximum atomic E-state index is 11.5. The molecule has 110 valence electrons. The van der Waals surface area contributed by atoms with Crippen molar-refractivity contribution < 1.29 is 9.53 Å². The fourth-order valence-electron chi connectivity index (χ4n) is 1.35. The Labute approximate surface area is 117 Å². The predicted octanol–water partition coefficient (Wildman–Crippen LogP) is 0.991. The number of carbonyl (C=O) groups is 1. The Kier molecular flexibility index (Phi) is 5.07. The number of nitrogens with zero attached hydrogens (tertiary/aromatic N) is 1. The average Bonchev–Trinajstić information content (AvgIpc) is 2.33. The number of aromatic amines is 1. The van der Waals surface area contributed by atoms with E-state index in [9.17, 15) is 14.4 Å². The van der Waals surface area contributed by atoms with Crippen LogP contribution in [-0.2, 0) is 16.1 Å². The molecule has 0 saturated heterocycles. The molecule has 1 rings (SSSR count). The van der Waals surface area contributed by atoms with E-state index in [1.807, 2.05) is 0 Å². The van der Waals surface area contributed by atoms with Crippen LogP contribution >= 0.6 is 0 Å². The lowest BCUT2D eigenvalue weighted by atomic mass is 9.97. The zero-order valence-corrected chi connectivity index (χ0v) is 12.2. The van der Waals surface area contributed by atoms with Crippen molar-refractivity contribution in [3.8, 4) is 0 Å². The molecule has 0 aliphatic carbocycles. The van der Waals surface area contributed by atoms with Gasteiger partial charge in [0.15, 0.2) is 0 Å². The predicted molar refractivity (Wildman–Crippen MR) is 75.6 cm³/mol. The van der Waals surface area contributed by atoms with Gasteiger partial charge in [-0.2, -0.15) is 0 Å². The number of aryl methyl sites for hydroxylation is 1. The molecule has 1 heterocycles. The summed E-state index contributed by atoms with van der Waals surface area (Å²) in [6.07, 6.45) is 4.86. The van der Waals surface area contributed by atoms with E-state index >= 15 is 0 Å². The molecule has 6 nitrogen and oxygen atoms in total. The number of rotatable bonds is 4. The van der Waals surface area contributed by atoms with Gasteiger partial charge in [-0.05, 0) is 33.8 Å². The zero-order chi connectivity index (χ0) is 15.3. The van der Waals surface area contributed by atoms with Gasteiger partial charge in [-0.1, -0.05) is 6.08 Å². The summed E-state index contributed by atoms with van der Waals surface area (Å²) in [6, 6.07) is 0. The number of carbonyl (C=O) groups excluding carboxylic acids is 1. The number of hydrogen-bond donors (Lipinski definition) is 1. The highest BCUT2D eigenvalue weighted by Gasteiger charge is 2.22. The molecule has 0 amide bonds. The second-order valence-corrected chi connectivity index (χ2v) is 5.54. The van der Waals surface area contributed by atoms with E-state index in [0.29, 0.717) is 12.1 Å². The highest BCUT2D eigenvalue weighted by atomic mass is 16.5. The Balaban J connectivity index is 2.55. The SMILES string of the molecule is Cc1cn(C/C=C\COC(=O)C(C)(C)C)c(=O)[nH]c1=O. The maximum absolute atomic E-state index is 11.5. The number of aromatic nitrogens is 2. The van der Waals surface area contributed by atoms with Crippen molar-refractivity contribution >= 4 is 5.97 Å². The molecular weight excluding hydrogens is 260 g/mol. The van der Waals surface area contributed by atoms with Crippen LogP contribution in [0.15, 0.2) is 27.9 Å². The van der Waals surface area contributed by atoms with Gasteiger partial charge in [-0.3, -0.25) is 19.1 Å². The molecule has 6 heteroatoms. The lowest BCUT2D eigenvalue weighted by molar-refractivity contribution is -0.151. The quantitative estimate of drug-likeness (QED) is 0.658. The molecule has 0 aromatic carbocycles. The van der Waals surface area contributed by atoms with Crippen LogP contribution in [0.3, 0.4) is 0 Å². The zero-order valence-electron chi connectivity index (χ0n) is 12.2. The van der Waals surface area contributed by atoms with E-state index < -0.39 is 11.1 Å². The Bertz CT molecular complexity index is 617. The van der Waals surface area contributed by atoms with Gasteiger partial charge >= 0.3 is 11.7 Å². The van der Waals surface area contributed by atoms with Crippen LogP contribution in [0.2, 0.25) is 0 Å². The third-order valence-corrected chi connectivity index (χ3v) is 2.58. The molecule has 1 aromatic heterocycles. The number of nitrogens with one attached hydrogen (secondary N) is 1. The molecule has 0 radical (unpaired) electrons. The van der Waals surface area contributed by atoms with Crippen molar-refractivity contribution in [1.29, 1.82) is 0 Å². The smallest absolute Gasteiger partial charge is 0.328 e. The summed E-state index contributed by atoms with van der Waals surface area (Å²) < 4.78 is 6.42. The summed E-state index contributed by atoms with van der Waals surface area (Å²) in [6.45, 7) is 7.44. The third-order valence-electron chi connectivity index (χ3n) is 2.58. The summed E-state index contributed by atoms with van der Waals surface area (Å²) in [5, 5.41) is 0. The molecule has 0 atom stereocenters. The number of hydrogen-bond acceptors (Lipinski definition) is 4. The first kappa shape index (κ1) is 15.9. The molecule has 0 bridgehead atoms. The highest BCUT2D eigenvalue weighted by Crippen LogP contribution is 2.14. The molecule has 1 aromatic rings. The number of allylic oxidation sites excluding steroid dienone is 1. The minimum atomic E-state index is -0.527. The third kappa shape index (κ3) is 4.53. The fourth-order valence-corrected chi connectivity index (χ4v) is 1.35. The summed E-state index contributed by atoms with van der Waals surface area (Å²) in [4.78, 5) is 36.4. The van der Waals surface area contributed by atoms with Crippen LogP contribution in [0.4, 0.5) is 0 Å². The Morgan fingerprint density at radius 3 is 2.60 bits per heavy atom. The van der Waals surface area contributed by atoms with Gasteiger partial charge in [-0.25, -0.2) is 4.79 Å². The summed E-state index contributed by atoms with van der Waals surface area (Å²) in [5.41, 5.74) is -0.899. The van der Waals surface area contributed by atoms with Crippen molar-refractivity contribution in [2.24, 2.45) is 5.41 Å². The molecule has 0 saturated carbocycles. The monoisotopic (exact) mass is 280 g/mol. The van der Waals surface area contributed by atoms with E-state index in [2.05, 4.69) is 4.98 Å². The minimum Gasteiger partial charge on any atom is -0.461 e. The van der Waals surface area contributed by atoms with Gasteiger partial charge in [0.25, 0.3) is 5.56 Å². The summed E-state index contributed by atoms with van der Waals surface area (Å²) in [5.74, 6) is -0.279. The highest BCUT2D eigenvalue weighted by molar-refractivity contribution is 5.75. The minimum absolute atomic E-state index is 0.160. The topological polar surface area (TPSA) is 81.2 Å². The van der Waals surface area contributed by atoms with Crippen LogP contribution < -0.4 is 11.2 Å². The van der Waals surface area contributed by atoms with Crippen molar-refractivity contribution in [1.82, 2.24) is 9.55 Å². The van der Waals surface area contributed by atoms with Gasteiger partial charge in [-0.15, -0.1) is 0 Å². The van der Waals surface area contributed by atoms with Crippen molar-refractivity contribution in [2.45, 2.75) is 34.2 Å². The van der Waals surface area contributed by atoms with E-state index in [4.69, 9.17) is 4.74 Å². The fraction of sp³-hybridized carbons (Fsp3) is 0.500. The van der Waals surface area contributed by atoms with Crippen LogP contribution in [0.25, 0.3) is 0 Å². The van der Waals surface area contributed by atoms with Crippen molar-refractivity contribution in [2.75, 3.05) is 6.61 Å². The summed E-state index contributed by atoms with van der Waals surface area (Å²) in [7, 11) is 0. The standard InChI is InChI=1S/C14H20N2O4/c1-10-9-16(13(19)15-11(10)17)7-5-6-8-20-12(18)14(2,3)4/h5-6,9H,7-8H2,1-4H3,(H,15,17,19)/b6-5-. The van der Waals surface area contributed by atoms with Crippen molar-refractivity contribution in [3.63, 3.8) is 0 Å². The molecule has 0 spiro atoms. The largest absolute Gasteiger partial charge is 0.461 e. The van der Waals surface area contributed by atoms with Gasteiger partial charge in [0.05, 0.1) is 5.41 Å². The number of H-pyrrole nitrogens is 1. The second-order valence-electron chi connectivity index (χ2n) is 5.54. The maximum Gasteiger partial charge on any atom is 0.328 e. The van der Waals surface area contributed by atoms with Crippen LogP contribution in [0.5, 0.6) is 0 Å². The molecular formula is C14H20N2O4. The number of ether oxygens (including phenoxy) is 1. The molecule has 0 aliphatic heterocycles. The Morgan fingerprint density at radius 1 is 1.35 bits per heavy atom. The summed E-state index contributed by atoms with van der Waals surface area (Å²) >= 11 is 0. The Hall–Kier alpha value is -2.11. The lowest BCUT2D eigenvalue weighted by Crippen LogP contribution is -2.30. The van der Waals surface area contributed by atoms with Crippen LogP contribution in [0, 0.1) is 12.3 Å². The van der Waals surface area contributed by atoms with Gasteiger partial charge in [0.1, 0.15) is 6.61 Å². The lowest BCUT2D eigenvalue weighted by Gasteiger charge is -2.15. The van der Waals surface area contributed by atoms with Gasteiger partial charge < -0.3 is 4.74 Å². The van der Waals surface area contributed by atoms with Crippen LogP contribution in [-0.4, -0.2) is 22.1 Å². The van der Waals surface area contributed by atoms with Gasteiger partial charge in [0.2, 0.25) is 0 Å². The van der Waals surface area contributed by atoms with Crippen molar-refractivity contribution in [3.05, 3.63) is 44.8 Å². The van der Waals surface area contributed by atoms with E-state index in [1.54, 1.807) is 39.8 Å². The Morgan fingerprint density at radius 2 is 2.00 bits per heavy atom. The average molecular weight is 280 g/mol. The first-order chi connectivity index (χ1) is 9.21. The first-order valence-electron chi connectivity index (χ1n) is 6.34. The van der Waals surface area contributed by atoms with Gasteiger partial charge in [0, 0.05) is 18.3 Å². The van der Waals surface area contributed by atoms with E-state index in [-0.39, 0.29) is 18.1 Å². The second kappa shape index (κ2) is 6.36. The van der Waals surface area contributed by atoms with Crippen LogP contribution in [0.1, 0.15) is 26.3 Å². The molecule has 0 aliphatic rings. The van der Waals surface area contributed by atoms with E-state index in [0.717, 1.165) is 0 Å². The molecule has 1 N–H and O–H groups in total. The molecule has 0 unspecified atom stereocenters.